The lowest BCUT2D eigenvalue weighted by atomic mass is 10.0. The van der Waals surface area contributed by atoms with Gasteiger partial charge in [0.25, 0.3) is 5.91 Å². The zero-order valence-electron chi connectivity index (χ0n) is 12.2. The summed E-state index contributed by atoms with van der Waals surface area (Å²) in [5.74, 6) is 0.251. The molecule has 0 bridgehead atoms. The highest BCUT2D eigenvalue weighted by atomic mass is 19.1. The van der Waals surface area contributed by atoms with E-state index < -0.39 is 0 Å². The van der Waals surface area contributed by atoms with E-state index >= 15 is 0 Å². The minimum atomic E-state index is -0.308. The van der Waals surface area contributed by atoms with Crippen molar-refractivity contribution in [2.24, 2.45) is 5.92 Å². The number of carbonyl (C=O) groups is 1. The monoisotopic (exact) mass is 278 g/mol. The van der Waals surface area contributed by atoms with E-state index in [0.717, 1.165) is 32.5 Å². The Balaban J connectivity index is 2.16. The molecule has 2 rings (SSSR count). The average Bonchev–Trinajstić information content (AvgIpc) is 2.63. The Labute approximate surface area is 120 Å². The fraction of sp³-hybridized carbons (Fsp3) is 0.562. The van der Waals surface area contributed by atoms with E-state index in [9.17, 15) is 9.18 Å². The third kappa shape index (κ3) is 3.79. The molecule has 20 heavy (non-hydrogen) atoms. The predicted molar refractivity (Wildman–Crippen MR) is 78.2 cm³/mol. The standard InChI is InChI=1S/C16H23FN2O/c1-12(2)10-15-11-18-8-3-9-19(15)16(20)13-4-6-14(17)7-5-13/h4-7,12,15,18H,3,8-11H2,1-2H3. The van der Waals surface area contributed by atoms with Gasteiger partial charge in [0.05, 0.1) is 0 Å². The first-order valence-electron chi connectivity index (χ1n) is 7.35. The van der Waals surface area contributed by atoms with Crippen molar-refractivity contribution in [2.75, 3.05) is 19.6 Å². The molecule has 3 nitrogen and oxygen atoms in total. The van der Waals surface area contributed by atoms with E-state index in [2.05, 4.69) is 19.2 Å². The second-order valence-corrected chi connectivity index (χ2v) is 5.85. The molecule has 1 fully saturated rings. The molecule has 0 spiro atoms. The normalized spacial score (nSPS) is 20.0. The van der Waals surface area contributed by atoms with E-state index in [1.54, 1.807) is 12.1 Å². The topological polar surface area (TPSA) is 32.3 Å². The maximum atomic E-state index is 13.0. The summed E-state index contributed by atoms with van der Waals surface area (Å²) in [5.41, 5.74) is 0.571. The summed E-state index contributed by atoms with van der Waals surface area (Å²) < 4.78 is 13.0. The van der Waals surface area contributed by atoms with Crippen LogP contribution in [0.4, 0.5) is 4.39 Å². The molecule has 1 unspecified atom stereocenters. The van der Waals surface area contributed by atoms with Gasteiger partial charge in [-0.15, -0.1) is 0 Å². The van der Waals surface area contributed by atoms with Crippen LogP contribution in [0.15, 0.2) is 24.3 Å². The molecule has 0 saturated carbocycles. The second-order valence-electron chi connectivity index (χ2n) is 5.85. The molecular weight excluding hydrogens is 255 g/mol. The number of benzene rings is 1. The van der Waals surface area contributed by atoms with Gasteiger partial charge in [-0.25, -0.2) is 4.39 Å². The number of hydrogen-bond acceptors (Lipinski definition) is 2. The Morgan fingerprint density at radius 2 is 2.10 bits per heavy atom. The van der Waals surface area contributed by atoms with Crippen LogP contribution in [0.2, 0.25) is 0 Å². The Morgan fingerprint density at radius 1 is 1.40 bits per heavy atom. The predicted octanol–water partition coefficient (Wildman–Crippen LogP) is 2.68. The van der Waals surface area contributed by atoms with Crippen LogP contribution < -0.4 is 5.32 Å². The summed E-state index contributed by atoms with van der Waals surface area (Å²) in [6.45, 7) is 6.89. The summed E-state index contributed by atoms with van der Waals surface area (Å²) in [7, 11) is 0. The second kappa shape index (κ2) is 6.84. The van der Waals surface area contributed by atoms with Gasteiger partial charge in [-0.1, -0.05) is 13.8 Å². The van der Waals surface area contributed by atoms with Crippen molar-refractivity contribution in [1.82, 2.24) is 10.2 Å². The smallest absolute Gasteiger partial charge is 0.254 e. The third-order valence-electron chi connectivity index (χ3n) is 3.67. The van der Waals surface area contributed by atoms with E-state index in [-0.39, 0.29) is 17.8 Å². The molecule has 1 aromatic carbocycles. The number of nitrogens with one attached hydrogen (secondary N) is 1. The number of carbonyl (C=O) groups excluding carboxylic acids is 1. The maximum absolute atomic E-state index is 13.0. The summed E-state index contributed by atoms with van der Waals surface area (Å²) in [6, 6.07) is 6.06. The molecule has 1 atom stereocenters. The van der Waals surface area contributed by atoms with Gasteiger partial charge in [0.15, 0.2) is 0 Å². The minimum absolute atomic E-state index is 0.0133. The number of rotatable bonds is 3. The number of amides is 1. The van der Waals surface area contributed by atoms with Crippen LogP contribution in [0.1, 0.15) is 37.0 Å². The molecule has 4 heteroatoms. The molecular formula is C16H23FN2O. The van der Waals surface area contributed by atoms with Gasteiger partial charge in [0.2, 0.25) is 0 Å². The van der Waals surface area contributed by atoms with Gasteiger partial charge in [-0.3, -0.25) is 4.79 Å². The molecule has 1 aliphatic rings. The molecule has 1 amide bonds. The van der Waals surface area contributed by atoms with Crippen molar-refractivity contribution in [2.45, 2.75) is 32.7 Å². The van der Waals surface area contributed by atoms with Gasteiger partial charge in [0.1, 0.15) is 5.82 Å². The van der Waals surface area contributed by atoms with E-state index in [1.165, 1.54) is 12.1 Å². The van der Waals surface area contributed by atoms with E-state index in [0.29, 0.717) is 11.5 Å². The fourth-order valence-electron chi connectivity index (χ4n) is 2.72. The minimum Gasteiger partial charge on any atom is -0.334 e. The van der Waals surface area contributed by atoms with Crippen LogP contribution in [0.25, 0.3) is 0 Å². The summed E-state index contributed by atoms with van der Waals surface area (Å²) in [5, 5.41) is 3.39. The molecule has 1 heterocycles. The first-order valence-corrected chi connectivity index (χ1v) is 7.35. The van der Waals surface area contributed by atoms with Crippen LogP contribution in [-0.4, -0.2) is 36.5 Å². The van der Waals surface area contributed by atoms with Crippen molar-refractivity contribution < 1.29 is 9.18 Å². The molecule has 0 aromatic heterocycles. The quantitative estimate of drug-likeness (QED) is 0.922. The Morgan fingerprint density at radius 3 is 2.75 bits per heavy atom. The summed E-state index contributed by atoms with van der Waals surface area (Å²) in [4.78, 5) is 14.6. The van der Waals surface area contributed by atoms with Gasteiger partial charge < -0.3 is 10.2 Å². The van der Waals surface area contributed by atoms with Crippen molar-refractivity contribution in [3.8, 4) is 0 Å². The van der Waals surface area contributed by atoms with Crippen LogP contribution in [-0.2, 0) is 0 Å². The molecule has 1 aromatic rings. The average molecular weight is 278 g/mol. The van der Waals surface area contributed by atoms with Crippen molar-refractivity contribution in [3.05, 3.63) is 35.6 Å². The van der Waals surface area contributed by atoms with E-state index in [4.69, 9.17) is 0 Å². The molecule has 110 valence electrons. The van der Waals surface area contributed by atoms with E-state index in [1.807, 2.05) is 4.90 Å². The lowest BCUT2D eigenvalue weighted by molar-refractivity contribution is 0.0673. The van der Waals surface area contributed by atoms with Crippen molar-refractivity contribution in [3.63, 3.8) is 0 Å². The molecule has 0 radical (unpaired) electrons. The highest BCUT2D eigenvalue weighted by molar-refractivity contribution is 5.94. The molecule has 1 N–H and O–H groups in total. The molecule has 1 saturated heterocycles. The number of halogens is 1. The largest absolute Gasteiger partial charge is 0.334 e. The fourth-order valence-corrected chi connectivity index (χ4v) is 2.72. The van der Waals surface area contributed by atoms with Gasteiger partial charge in [-0.2, -0.15) is 0 Å². The van der Waals surface area contributed by atoms with Crippen LogP contribution in [0.5, 0.6) is 0 Å². The molecule has 1 aliphatic heterocycles. The van der Waals surface area contributed by atoms with Gasteiger partial charge in [-0.05, 0) is 49.6 Å². The third-order valence-corrected chi connectivity index (χ3v) is 3.67. The lowest BCUT2D eigenvalue weighted by Gasteiger charge is -2.31. The number of hydrogen-bond donors (Lipinski definition) is 1. The summed E-state index contributed by atoms with van der Waals surface area (Å²) >= 11 is 0. The Kier molecular flexibility index (Phi) is 5.12. The lowest BCUT2D eigenvalue weighted by Crippen LogP contribution is -2.44. The summed E-state index contributed by atoms with van der Waals surface area (Å²) in [6.07, 6.45) is 1.95. The zero-order chi connectivity index (χ0) is 14.5. The first-order chi connectivity index (χ1) is 9.58. The first kappa shape index (κ1) is 15.0. The Hall–Kier alpha value is -1.42. The SMILES string of the molecule is CC(C)CC1CNCCCN1C(=O)c1ccc(F)cc1. The highest BCUT2D eigenvalue weighted by Crippen LogP contribution is 2.17. The highest BCUT2D eigenvalue weighted by Gasteiger charge is 2.26. The number of nitrogens with zero attached hydrogens (tertiary/aromatic N) is 1. The zero-order valence-corrected chi connectivity index (χ0v) is 12.2. The van der Waals surface area contributed by atoms with Gasteiger partial charge >= 0.3 is 0 Å². The Bertz CT molecular complexity index is 444. The van der Waals surface area contributed by atoms with Crippen LogP contribution in [0, 0.1) is 11.7 Å². The van der Waals surface area contributed by atoms with Crippen LogP contribution in [0.3, 0.4) is 0 Å². The van der Waals surface area contributed by atoms with Crippen molar-refractivity contribution in [1.29, 1.82) is 0 Å². The van der Waals surface area contributed by atoms with Crippen molar-refractivity contribution >= 4 is 5.91 Å². The van der Waals surface area contributed by atoms with Gasteiger partial charge in [0, 0.05) is 24.7 Å². The molecule has 0 aliphatic carbocycles. The van der Waals surface area contributed by atoms with Crippen LogP contribution >= 0.6 is 0 Å². The maximum Gasteiger partial charge on any atom is 0.254 e.